The van der Waals surface area contributed by atoms with Crippen molar-refractivity contribution in [2.75, 3.05) is 0 Å². The van der Waals surface area contributed by atoms with E-state index in [4.69, 9.17) is 5.11 Å². The smallest absolute Gasteiger partial charge is 0.327 e. The molecule has 0 bridgehead atoms. The quantitative estimate of drug-likeness (QED) is 0.869. The number of hydrogen-bond acceptors (Lipinski definition) is 3. The number of carboxylic acid groups (broad SMARTS) is 2. The van der Waals surface area contributed by atoms with Gasteiger partial charge in [0.15, 0.2) is 0 Å². The average Bonchev–Trinajstić information content (AvgIpc) is 2.78. The van der Waals surface area contributed by atoms with E-state index in [1.807, 2.05) is 18.2 Å². The molecule has 0 aliphatic carbocycles. The first kappa shape index (κ1) is 13.8. The summed E-state index contributed by atoms with van der Waals surface area (Å²) in [5, 5.41) is 18.1. The van der Waals surface area contributed by atoms with E-state index in [1.54, 1.807) is 25.3 Å². The molecule has 2 N–H and O–H groups in total. The number of imidazole rings is 1. The summed E-state index contributed by atoms with van der Waals surface area (Å²) in [6, 6.07) is 7.91. The number of carbonyl (C=O) groups is 2. The summed E-state index contributed by atoms with van der Waals surface area (Å²) in [5.41, 5.74) is 1.39. The van der Waals surface area contributed by atoms with Gasteiger partial charge >= 0.3 is 11.9 Å². The topological polar surface area (TPSA) is 92.4 Å². The standard InChI is InChI=1S/C14H14N2O4/c1-9-8-16(11(14(19)20)7-12(17)18)13(15-9)10-5-3-2-4-6-10/h2-6,8,11H,7H2,1H3,(H,17,18)(H,19,20). The van der Waals surface area contributed by atoms with Gasteiger partial charge in [-0.15, -0.1) is 0 Å². The van der Waals surface area contributed by atoms with Crippen LogP contribution in [0.5, 0.6) is 0 Å². The molecular weight excluding hydrogens is 260 g/mol. The lowest BCUT2D eigenvalue weighted by molar-refractivity contribution is -0.147. The van der Waals surface area contributed by atoms with Gasteiger partial charge in [0.05, 0.1) is 12.1 Å². The number of nitrogens with zero attached hydrogens (tertiary/aromatic N) is 2. The van der Waals surface area contributed by atoms with E-state index in [9.17, 15) is 14.7 Å². The highest BCUT2D eigenvalue weighted by atomic mass is 16.4. The lowest BCUT2D eigenvalue weighted by atomic mass is 10.1. The van der Waals surface area contributed by atoms with Gasteiger partial charge in [-0.3, -0.25) is 4.79 Å². The van der Waals surface area contributed by atoms with Crippen LogP contribution in [0.15, 0.2) is 36.5 Å². The van der Waals surface area contributed by atoms with Crippen LogP contribution in [0, 0.1) is 6.92 Å². The summed E-state index contributed by atoms with van der Waals surface area (Å²) in [5.74, 6) is -1.90. The molecule has 2 aromatic rings. The van der Waals surface area contributed by atoms with E-state index in [0.29, 0.717) is 11.5 Å². The number of aliphatic carboxylic acids is 2. The van der Waals surface area contributed by atoms with Crippen molar-refractivity contribution in [3.05, 3.63) is 42.2 Å². The fourth-order valence-electron chi connectivity index (χ4n) is 2.02. The molecule has 0 spiro atoms. The van der Waals surface area contributed by atoms with Gasteiger partial charge in [-0.1, -0.05) is 30.3 Å². The molecule has 1 aromatic heterocycles. The van der Waals surface area contributed by atoms with Crippen LogP contribution in [-0.4, -0.2) is 31.7 Å². The van der Waals surface area contributed by atoms with Crippen LogP contribution in [0.1, 0.15) is 18.2 Å². The Hall–Kier alpha value is -2.63. The van der Waals surface area contributed by atoms with Crippen LogP contribution < -0.4 is 0 Å². The van der Waals surface area contributed by atoms with E-state index in [2.05, 4.69) is 4.98 Å². The maximum atomic E-state index is 11.3. The maximum absolute atomic E-state index is 11.3. The Morgan fingerprint density at radius 1 is 1.25 bits per heavy atom. The van der Waals surface area contributed by atoms with Gasteiger partial charge in [-0.2, -0.15) is 0 Å². The summed E-state index contributed by atoms with van der Waals surface area (Å²) in [7, 11) is 0. The first-order valence-corrected chi connectivity index (χ1v) is 6.04. The van der Waals surface area contributed by atoms with Crippen molar-refractivity contribution in [1.82, 2.24) is 9.55 Å². The molecule has 0 saturated carbocycles. The van der Waals surface area contributed by atoms with Gasteiger partial charge in [-0.25, -0.2) is 9.78 Å². The van der Waals surface area contributed by atoms with Gasteiger partial charge in [0, 0.05) is 11.8 Å². The first-order chi connectivity index (χ1) is 9.49. The number of aromatic nitrogens is 2. The second kappa shape index (κ2) is 5.56. The van der Waals surface area contributed by atoms with Crippen LogP contribution in [-0.2, 0) is 9.59 Å². The number of rotatable bonds is 5. The summed E-state index contributed by atoms with van der Waals surface area (Å²) in [6.45, 7) is 1.74. The zero-order valence-corrected chi connectivity index (χ0v) is 10.9. The molecule has 0 radical (unpaired) electrons. The van der Waals surface area contributed by atoms with Crippen molar-refractivity contribution in [2.45, 2.75) is 19.4 Å². The minimum atomic E-state index is -1.19. The molecule has 0 saturated heterocycles. The van der Waals surface area contributed by atoms with Gasteiger partial charge in [0.25, 0.3) is 0 Å². The van der Waals surface area contributed by atoms with Crippen molar-refractivity contribution in [2.24, 2.45) is 0 Å². The third-order valence-corrected chi connectivity index (χ3v) is 2.87. The lowest BCUT2D eigenvalue weighted by Crippen LogP contribution is -2.22. The monoisotopic (exact) mass is 274 g/mol. The van der Waals surface area contributed by atoms with Crippen LogP contribution in [0.2, 0.25) is 0 Å². The van der Waals surface area contributed by atoms with Gasteiger partial charge < -0.3 is 14.8 Å². The second-order valence-electron chi connectivity index (χ2n) is 4.43. The highest BCUT2D eigenvalue weighted by molar-refractivity contribution is 5.80. The van der Waals surface area contributed by atoms with Crippen LogP contribution >= 0.6 is 0 Å². The molecule has 1 atom stereocenters. The van der Waals surface area contributed by atoms with Gasteiger partial charge in [0.1, 0.15) is 11.9 Å². The van der Waals surface area contributed by atoms with Crippen molar-refractivity contribution < 1.29 is 19.8 Å². The van der Waals surface area contributed by atoms with Gasteiger partial charge in [0.2, 0.25) is 0 Å². The number of benzene rings is 1. The normalized spacial score (nSPS) is 12.1. The zero-order valence-electron chi connectivity index (χ0n) is 10.9. The molecule has 0 fully saturated rings. The van der Waals surface area contributed by atoms with E-state index in [-0.39, 0.29) is 0 Å². The molecule has 0 aliphatic rings. The van der Waals surface area contributed by atoms with E-state index in [0.717, 1.165) is 5.56 Å². The Bertz CT molecular complexity index is 634. The number of aryl methyl sites for hydroxylation is 1. The van der Waals surface area contributed by atoms with Crippen molar-refractivity contribution in [1.29, 1.82) is 0 Å². The van der Waals surface area contributed by atoms with Crippen molar-refractivity contribution >= 4 is 11.9 Å². The summed E-state index contributed by atoms with van der Waals surface area (Å²) in [6.07, 6.45) is 1.06. The summed E-state index contributed by atoms with van der Waals surface area (Å²) in [4.78, 5) is 26.5. The molecule has 0 aliphatic heterocycles. The van der Waals surface area contributed by atoms with Crippen molar-refractivity contribution in [3.8, 4) is 11.4 Å². The molecule has 104 valence electrons. The zero-order chi connectivity index (χ0) is 14.7. The molecule has 0 amide bonds. The van der Waals surface area contributed by atoms with Crippen LogP contribution in [0.3, 0.4) is 0 Å². The molecule has 6 heteroatoms. The predicted molar refractivity (Wildman–Crippen MR) is 71.3 cm³/mol. The minimum absolute atomic E-state index is 0.455. The predicted octanol–water partition coefficient (Wildman–Crippen LogP) is 1.96. The fourth-order valence-corrected chi connectivity index (χ4v) is 2.02. The molecule has 2 rings (SSSR count). The minimum Gasteiger partial charge on any atom is -0.481 e. The van der Waals surface area contributed by atoms with Crippen molar-refractivity contribution in [3.63, 3.8) is 0 Å². The van der Waals surface area contributed by atoms with E-state index >= 15 is 0 Å². The summed E-state index contributed by atoms with van der Waals surface area (Å²) >= 11 is 0. The highest BCUT2D eigenvalue weighted by Crippen LogP contribution is 2.24. The highest BCUT2D eigenvalue weighted by Gasteiger charge is 2.26. The lowest BCUT2D eigenvalue weighted by Gasteiger charge is -2.14. The summed E-state index contributed by atoms with van der Waals surface area (Å²) < 4.78 is 1.40. The molecule has 1 heterocycles. The Morgan fingerprint density at radius 3 is 2.45 bits per heavy atom. The van der Waals surface area contributed by atoms with E-state index < -0.39 is 24.4 Å². The SMILES string of the molecule is Cc1cn(C(CC(=O)O)C(=O)O)c(-c2ccccc2)n1. The molecule has 1 unspecified atom stereocenters. The Labute approximate surface area is 115 Å². The molecule has 6 nitrogen and oxygen atoms in total. The molecule has 1 aromatic carbocycles. The second-order valence-corrected chi connectivity index (χ2v) is 4.43. The molecule has 20 heavy (non-hydrogen) atoms. The molecular formula is C14H14N2O4. The largest absolute Gasteiger partial charge is 0.481 e. The van der Waals surface area contributed by atoms with Crippen LogP contribution in [0.25, 0.3) is 11.4 Å². The average molecular weight is 274 g/mol. The Balaban J connectivity index is 2.50. The van der Waals surface area contributed by atoms with Crippen LogP contribution in [0.4, 0.5) is 0 Å². The Morgan fingerprint density at radius 2 is 1.90 bits per heavy atom. The Kier molecular flexibility index (Phi) is 3.84. The third-order valence-electron chi connectivity index (χ3n) is 2.87. The number of hydrogen-bond donors (Lipinski definition) is 2. The van der Waals surface area contributed by atoms with Gasteiger partial charge in [-0.05, 0) is 6.92 Å². The third kappa shape index (κ3) is 2.85. The fraction of sp³-hybridized carbons (Fsp3) is 0.214. The first-order valence-electron chi connectivity index (χ1n) is 6.04. The number of carboxylic acids is 2. The van der Waals surface area contributed by atoms with E-state index in [1.165, 1.54) is 4.57 Å². The maximum Gasteiger partial charge on any atom is 0.327 e.